The smallest absolute Gasteiger partial charge is 0.168 e. The average Bonchev–Trinajstić information content (AvgIpc) is 2.55. The lowest BCUT2D eigenvalue weighted by Crippen LogP contribution is -1.97. The molecule has 82 valence electrons. The van der Waals surface area contributed by atoms with E-state index in [1.165, 1.54) is 0 Å². The van der Waals surface area contributed by atoms with E-state index in [4.69, 9.17) is 0 Å². The summed E-state index contributed by atoms with van der Waals surface area (Å²) in [5.41, 5.74) is 3.55. The molecule has 0 bridgehead atoms. The molecule has 2 aromatic rings. The largest absolute Gasteiger partial charge is 0.329 e. The average molecular weight is 214 g/mol. The molecule has 3 nitrogen and oxygen atoms in total. The first-order chi connectivity index (χ1) is 7.63. The minimum absolute atomic E-state index is 0.628. The standard InChI is InChI=1S/C13H14N2O/c1-9-5-4-6-11(7-9)13-12(8-16)15(3)10(2)14-13/h4-8H,1-3H3. The second-order valence-corrected chi connectivity index (χ2v) is 3.94. The van der Waals surface area contributed by atoms with Gasteiger partial charge in [0, 0.05) is 12.6 Å². The molecule has 1 heterocycles. The fraction of sp³-hybridized carbons (Fsp3) is 0.231. The van der Waals surface area contributed by atoms with Crippen molar-refractivity contribution in [3.05, 3.63) is 41.3 Å². The highest BCUT2D eigenvalue weighted by Crippen LogP contribution is 2.22. The maximum absolute atomic E-state index is 11.1. The van der Waals surface area contributed by atoms with Gasteiger partial charge < -0.3 is 4.57 Å². The van der Waals surface area contributed by atoms with Gasteiger partial charge in [-0.2, -0.15) is 0 Å². The van der Waals surface area contributed by atoms with Crippen LogP contribution in [0.2, 0.25) is 0 Å². The molecule has 0 saturated heterocycles. The molecule has 0 fully saturated rings. The first-order valence-electron chi connectivity index (χ1n) is 5.19. The van der Waals surface area contributed by atoms with Gasteiger partial charge in [0.2, 0.25) is 0 Å². The number of carbonyl (C=O) groups excluding carboxylic acids is 1. The van der Waals surface area contributed by atoms with E-state index in [2.05, 4.69) is 4.98 Å². The Bertz CT molecular complexity index is 541. The van der Waals surface area contributed by atoms with Gasteiger partial charge in [-0.25, -0.2) is 4.98 Å². The number of rotatable bonds is 2. The molecule has 0 N–H and O–H groups in total. The third-order valence-corrected chi connectivity index (χ3v) is 2.77. The van der Waals surface area contributed by atoms with E-state index in [9.17, 15) is 4.79 Å². The summed E-state index contributed by atoms with van der Waals surface area (Å²) in [7, 11) is 1.85. The molecule has 0 unspecified atom stereocenters. The second-order valence-electron chi connectivity index (χ2n) is 3.94. The summed E-state index contributed by atoms with van der Waals surface area (Å²) in [6.07, 6.45) is 0.859. The molecular weight excluding hydrogens is 200 g/mol. The van der Waals surface area contributed by atoms with E-state index in [0.717, 1.165) is 28.9 Å². The monoisotopic (exact) mass is 214 g/mol. The summed E-state index contributed by atoms with van der Waals surface area (Å²) in [4.78, 5) is 15.5. The highest BCUT2D eigenvalue weighted by atomic mass is 16.1. The number of aldehydes is 1. The molecule has 16 heavy (non-hydrogen) atoms. The number of carbonyl (C=O) groups is 1. The lowest BCUT2D eigenvalue weighted by molar-refractivity contribution is 0.111. The number of aromatic nitrogens is 2. The first kappa shape index (κ1) is 10.6. The predicted octanol–water partition coefficient (Wildman–Crippen LogP) is 2.52. The van der Waals surface area contributed by atoms with Gasteiger partial charge in [-0.3, -0.25) is 4.79 Å². The molecule has 0 atom stereocenters. The fourth-order valence-corrected chi connectivity index (χ4v) is 1.77. The van der Waals surface area contributed by atoms with E-state index in [1.54, 1.807) is 0 Å². The van der Waals surface area contributed by atoms with Crippen LogP contribution in [0.1, 0.15) is 21.9 Å². The van der Waals surface area contributed by atoms with E-state index >= 15 is 0 Å². The Hall–Kier alpha value is -1.90. The van der Waals surface area contributed by atoms with E-state index in [0.29, 0.717) is 5.69 Å². The predicted molar refractivity (Wildman–Crippen MR) is 63.5 cm³/mol. The van der Waals surface area contributed by atoms with Crippen LogP contribution >= 0.6 is 0 Å². The molecule has 1 aromatic heterocycles. The van der Waals surface area contributed by atoms with Gasteiger partial charge in [-0.1, -0.05) is 23.8 Å². The van der Waals surface area contributed by atoms with Crippen LogP contribution in [0, 0.1) is 13.8 Å². The number of hydrogen-bond acceptors (Lipinski definition) is 2. The zero-order valence-corrected chi connectivity index (χ0v) is 9.69. The van der Waals surface area contributed by atoms with Crippen LogP contribution in [-0.4, -0.2) is 15.8 Å². The molecule has 0 amide bonds. The van der Waals surface area contributed by atoms with Crippen LogP contribution in [0.3, 0.4) is 0 Å². The Morgan fingerprint density at radius 3 is 2.69 bits per heavy atom. The molecule has 0 aliphatic rings. The van der Waals surface area contributed by atoms with Crippen molar-refractivity contribution in [3.8, 4) is 11.3 Å². The summed E-state index contributed by atoms with van der Waals surface area (Å²) in [5.74, 6) is 0.846. The fourth-order valence-electron chi connectivity index (χ4n) is 1.77. The van der Waals surface area contributed by atoms with Gasteiger partial charge in [-0.15, -0.1) is 0 Å². The molecule has 0 spiro atoms. The third-order valence-electron chi connectivity index (χ3n) is 2.77. The first-order valence-corrected chi connectivity index (χ1v) is 5.19. The highest BCUT2D eigenvalue weighted by Gasteiger charge is 2.12. The minimum atomic E-state index is 0.628. The van der Waals surface area contributed by atoms with Crippen molar-refractivity contribution in [3.63, 3.8) is 0 Å². The molecular formula is C13H14N2O. The van der Waals surface area contributed by atoms with Gasteiger partial charge in [0.05, 0.1) is 5.69 Å². The summed E-state index contributed by atoms with van der Waals surface area (Å²) in [6, 6.07) is 8.01. The topological polar surface area (TPSA) is 34.9 Å². The van der Waals surface area contributed by atoms with E-state index in [-0.39, 0.29) is 0 Å². The number of aryl methyl sites for hydroxylation is 2. The molecule has 1 aromatic carbocycles. The number of benzene rings is 1. The second kappa shape index (κ2) is 3.93. The summed E-state index contributed by atoms with van der Waals surface area (Å²) >= 11 is 0. The number of nitrogens with zero attached hydrogens (tertiary/aromatic N) is 2. The summed E-state index contributed by atoms with van der Waals surface area (Å²) in [5, 5.41) is 0. The third kappa shape index (κ3) is 1.65. The van der Waals surface area contributed by atoms with Crippen LogP contribution in [0.15, 0.2) is 24.3 Å². The summed E-state index contributed by atoms with van der Waals surface area (Å²) in [6.45, 7) is 3.92. The maximum atomic E-state index is 11.1. The van der Waals surface area contributed by atoms with Crippen molar-refractivity contribution in [2.45, 2.75) is 13.8 Å². The molecule has 3 heteroatoms. The lowest BCUT2D eigenvalue weighted by Gasteiger charge is -2.00. The highest BCUT2D eigenvalue weighted by molar-refractivity contribution is 5.84. The van der Waals surface area contributed by atoms with E-state index < -0.39 is 0 Å². The van der Waals surface area contributed by atoms with Gasteiger partial charge in [-0.05, 0) is 19.9 Å². The van der Waals surface area contributed by atoms with Crippen molar-refractivity contribution in [1.82, 2.24) is 9.55 Å². The quantitative estimate of drug-likeness (QED) is 0.720. The van der Waals surface area contributed by atoms with Gasteiger partial charge in [0.15, 0.2) is 6.29 Å². The lowest BCUT2D eigenvalue weighted by atomic mass is 10.1. The van der Waals surface area contributed by atoms with Crippen molar-refractivity contribution in [2.75, 3.05) is 0 Å². The van der Waals surface area contributed by atoms with Gasteiger partial charge in [0.1, 0.15) is 11.5 Å². The van der Waals surface area contributed by atoms with Crippen LogP contribution in [0.4, 0.5) is 0 Å². The maximum Gasteiger partial charge on any atom is 0.168 e. The Morgan fingerprint density at radius 2 is 2.06 bits per heavy atom. The SMILES string of the molecule is Cc1cccc(-c2nc(C)n(C)c2C=O)c1. The van der Waals surface area contributed by atoms with Crippen LogP contribution in [0.25, 0.3) is 11.3 Å². The Morgan fingerprint density at radius 1 is 1.31 bits per heavy atom. The zero-order valence-electron chi connectivity index (χ0n) is 9.69. The molecule has 2 rings (SSSR count). The summed E-state index contributed by atoms with van der Waals surface area (Å²) < 4.78 is 1.81. The van der Waals surface area contributed by atoms with Crippen molar-refractivity contribution in [2.24, 2.45) is 7.05 Å². The van der Waals surface area contributed by atoms with E-state index in [1.807, 2.05) is 49.7 Å². The number of hydrogen-bond donors (Lipinski definition) is 0. The molecule has 0 radical (unpaired) electrons. The molecule has 0 aliphatic carbocycles. The molecule has 0 saturated carbocycles. The van der Waals surface area contributed by atoms with Crippen LogP contribution in [-0.2, 0) is 7.05 Å². The number of imidazole rings is 1. The zero-order chi connectivity index (χ0) is 11.7. The molecule has 0 aliphatic heterocycles. The minimum Gasteiger partial charge on any atom is -0.329 e. The Balaban J connectivity index is 2.64. The van der Waals surface area contributed by atoms with Crippen molar-refractivity contribution < 1.29 is 4.79 Å². The van der Waals surface area contributed by atoms with Crippen LogP contribution in [0.5, 0.6) is 0 Å². The van der Waals surface area contributed by atoms with Crippen molar-refractivity contribution >= 4 is 6.29 Å². The normalized spacial score (nSPS) is 10.4. The van der Waals surface area contributed by atoms with Gasteiger partial charge >= 0.3 is 0 Å². The Kier molecular flexibility index (Phi) is 2.60. The Labute approximate surface area is 94.7 Å². The van der Waals surface area contributed by atoms with Crippen LogP contribution < -0.4 is 0 Å². The van der Waals surface area contributed by atoms with Crippen molar-refractivity contribution in [1.29, 1.82) is 0 Å². The van der Waals surface area contributed by atoms with Gasteiger partial charge in [0.25, 0.3) is 0 Å².